The number of halogens is 1. The summed E-state index contributed by atoms with van der Waals surface area (Å²) < 4.78 is 28.8. The van der Waals surface area contributed by atoms with Gasteiger partial charge in [-0.2, -0.15) is 4.98 Å². The van der Waals surface area contributed by atoms with Crippen molar-refractivity contribution in [1.29, 1.82) is 0 Å². The Morgan fingerprint density at radius 3 is 2.65 bits per heavy atom. The lowest BCUT2D eigenvalue weighted by molar-refractivity contribution is -0.150. The first kappa shape index (κ1) is 20.5. The molecular weight excluding hydrogens is 405 g/mol. The third-order valence-electron chi connectivity index (χ3n) is 4.83. The van der Waals surface area contributed by atoms with Crippen LogP contribution < -0.4 is 9.64 Å². The van der Waals surface area contributed by atoms with Crippen LogP contribution in [-0.2, 0) is 20.9 Å². The van der Waals surface area contributed by atoms with Crippen molar-refractivity contribution >= 4 is 17.6 Å². The summed E-state index contributed by atoms with van der Waals surface area (Å²) in [4.78, 5) is 30.5. The summed E-state index contributed by atoms with van der Waals surface area (Å²) in [5, 5.41) is 3.80. The Labute approximate surface area is 177 Å². The van der Waals surface area contributed by atoms with E-state index in [1.807, 2.05) is 6.92 Å². The average Bonchev–Trinajstić information content (AvgIpc) is 3.40. The molecule has 4 rings (SSSR count). The third-order valence-corrected chi connectivity index (χ3v) is 4.83. The van der Waals surface area contributed by atoms with Crippen molar-refractivity contribution in [3.8, 4) is 17.1 Å². The van der Waals surface area contributed by atoms with Crippen molar-refractivity contribution in [2.45, 2.75) is 20.0 Å². The molecule has 160 valence electrons. The monoisotopic (exact) mass is 425 g/mol. The molecule has 1 aliphatic rings. The number of anilines is 1. The minimum Gasteiger partial charge on any atom is -0.494 e. The second kappa shape index (κ2) is 8.95. The molecule has 0 radical (unpaired) electrons. The fourth-order valence-electron chi connectivity index (χ4n) is 3.28. The second-order valence-corrected chi connectivity index (χ2v) is 6.96. The summed E-state index contributed by atoms with van der Waals surface area (Å²) in [5.41, 5.74) is 1.28. The van der Waals surface area contributed by atoms with E-state index in [9.17, 15) is 14.0 Å². The molecule has 3 aromatic rings. The minimum absolute atomic E-state index is 0.0662. The molecule has 0 bridgehead atoms. The van der Waals surface area contributed by atoms with Crippen LogP contribution in [0.25, 0.3) is 11.4 Å². The number of carbonyl (C=O) groups is 2. The van der Waals surface area contributed by atoms with Crippen LogP contribution in [0.3, 0.4) is 0 Å². The molecule has 31 heavy (non-hydrogen) atoms. The van der Waals surface area contributed by atoms with Crippen molar-refractivity contribution < 1.29 is 28.0 Å². The highest BCUT2D eigenvalue weighted by molar-refractivity contribution is 5.99. The quantitative estimate of drug-likeness (QED) is 0.536. The van der Waals surface area contributed by atoms with Crippen molar-refractivity contribution in [3.63, 3.8) is 0 Å². The van der Waals surface area contributed by atoms with Gasteiger partial charge in [0.1, 0.15) is 11.6 Å². The van der Waals surface area contributed by atoms with Crippen molar-refractivity contribution in [3.05, 3.63) is 60.2 Å². The third kappa shape index (κ3) is 4.71. The number of benzene rings is 2. The van der Waals surface area contributed by atoms with Gasteiger partial charge in [-0.15, -0.1) is 0 Å². The smallest absolute Gasteiger partial charge is 0.311 e. The molecule has 0 saturated carbocycles. The molecular formula is C22H20FN3O5. The maximum absolute atomic E-state index is 13.0. The SMILES string of the molecule is CCOc1ccc(N2CC(C(=O)OCc3nc(-c4ccc(F)cc4)no3)CC2=O)cc1. The minimum atomic E-state index is -0.585. The lowest BCUT2D eigenvalue weighted by Gasteiger charge is -2.17. The lowest BCUT2D eigenvalue weighted by Crippen LogP contribution is -2.26. The van der Waals surface area contributed by atoms with Crippen LogP contribution in [0.1, 0.15) is 19.2 Å². The zero-order chi connectivity index (χ0) is 21.8. The standard InChI is InChI=1S/C22H20FN3O5/c1-2-29-18-9-7-17(8-10-18)26-12-15(11-20(26)27)22(28)30-13-19-24-21(25-31-19)14-3-5-16(23)6-4-14/h3-10,15H,2,11-13H2,1H3. The first-order chi connectivity index (χ1) is 15.0. The summed E-state index contributed by atoms with van der Waals surface area (Å²) >= 11 is 0. The van der Waals surface area contributed by atoms with Gasteiger partial charge in [-0.05, 0) is 55.5 Å². The topological polar surface area (TPSA) is 94.8 Å². The van der Waals surface area contributed by atoms with Gasteiger partial charge in [0.05, 0.1) is 12.5 Å². The lowest BCUT2D eigenvalue weighted by atomic mass is 10.1. The summed E-state index contributed by atoms with van der Waals surface area (Å²) in [6.07, 6.45) is 0.0662. The van der Waals surface area contributed by atoms with E-state index >= 15 is 0 Å². The molecule has 1 amide bonds. The van der Waals surface area contributed by atoms with Crippen LogP contribution in [0.2, 0.25) is 0 Å². The van der Waals surface area contributed by atoms with Gasteiger partial charge < -0.3 is 18.9 Å². The fourth-order valence-corrected chi connectivity index (χ4v) is 3.28. The van der Waals surface area contributed by atoms with E-state index in [1.165, 1.54) is 24.3 Å². The predicted octanol–water partition coefficient (Wildman–Crippen LogP) is 3.37. The van der Waals surface area contributed by atoms with Gasteiger partial charge in [0.2, 0.25) is 11.7 Å². The van der Waals surface area contributed by atoms with E-state index in [-0.39, 0.29) is 43.0 Å². The number of ether oxygens (including phenoxy) is 2. The van der Waals surface area contributed by atoms with Crippen molar-refractivity contribution in [1.82, 2.24) is 10.1 Å². The van der Waals surface area contributed by atoms with Gasteiger partial charge in [-0.1, -0.05) is 5.16 Å². The molecule has 2 heterocycles. The van der Waals surface area contributed by atoms with Gasteiger partial charge in [-0.25, -0.2) is 4.39 Å². The van der Waals surface area contributed by atoms with E-state index < -0.39 is 11.9 Å². The Kier molecular flexibility index (Phi) is 5.92. The number of carbonyl (C=O) groups excluding carboxylic acids is 2. The molecule has 1 atom stereocenters. The Hall–Kier alpha value is -3.75. The molecule has 1 aliphatic heterocycles. The van der Waals surface area contributed by atoms with Gasteiger partial charge in [-0.3, -0.25) is 9.59 Å². The molecule has 1 saturated heterocycles. The zero-order valence-corrected chi connectivity index (χ0v) is 16.8. The maximum atomic E-state index is 13.0. The van der Waals surface area contributed by atoms with Crippen LogP contribution in [0.4, 0.5) is 10.1 Å². The predicted molar refractivity (Wildman–Crippen MR) is 108 cm³/mol. The van der Waals surface area contributed by atoms with E-state index in [4.69, 9.17) is 14.0 Å². The van der Waals surface area contributed by atoms with E-state index in [2.05, 4.69) is 10.1 Å². The number of amides is 1. The van der Waals surface area contributed by atoms with E-state index in [1.54, 1.807) is 29.2 Å². The Bertz CT molecular complexity index is 1070. The molecule has 8 nitrogen and oxygen atoms in total. The average molecular weight is 425 g/mol. The van der Waals surface area contributed by atoms with E-state index in [0.717, 1.165) is 0 Å². The van der Waals surface area contributed by atoms with Gasteiger partial charge >= 0.3 is 5.97 Å². The highest BCUT2D eigenvalue weighted by atomic mass is 19.1. The first-order valence-electron chi connectivity index (χ1n) is 9.82. The largest absolute Gasteiger partial charge is 0.494 e. The zero-order valence-electron chi connectivity index (χ0n) is 16.8. The number of hydrogen-bond acceptors (Lipinski definition) is 7. The number of rotatable bonds is 7. The molecule has 0 N–H and O–H groups in total. The Morgan fingerprint density at radius 2 is 1.94 bits per heavy atom. The van der Waals surface area contributed by atoms with Gasteiger partial charge in [0.25, 0.3) is 5.89 Å². The molecule has 1 aromatic heterocycles. The number of hydrogen-bond donors (Lipinski definition) is 0. The summed E-state index contributed by atoms with van der Waals surface area (Å²) in [7, 11) is 0. The summed E-state index contributed by atoms with van der Waals surface area (Å²) in [6.45, 7) is 2.48. The highest BCUT2D eigenvalue weighted by Gasteiger charge is 2.36. The van der Waals surface area contributed by atoms with Crippen molar-refractivity contribution in [2.75, 3.05) is 18.1 Å². The Morgan fingerprint density at radius 1 is 1.19 bits per heavy atom. The highest BCUT2D eigenvalue weighted by Crippen LogP contribution is 2.28. The molecule has 2 aromatic carbocycles. The van der Waals surface area contributed by atoms with Crippen LogP contribution in [0, 0.1) is 11.7 Å². The molecule has 0 aliphatic carbocycles. The van der Waals surface area contributed by atoms with Crippen LogP contribution in [-0.4, -0.2) is 35.2 Å². The van der Waals surface area contributed by atoms with Gasteiger partial charge in [0, 0.05) is 24.2 Å². The number of nitrogens with zero attached hydrogens (tertiary/aromatic N) is 3. The van der Waals surface area contributed by atoms with Crippen molar-refractivity contribution in [2.24, 2.45) is 5.92 Å². The molecule has 1 fully saturated rings. The maximum Gasteiger partial charge on any atom is 0.311 e. The molecule has 9 heteroatoms. The second-order valence-electron chi connectivity index (χ2n) is 6.96. The van der Waals surface area contributed by atoms with E-state index in [0.29, 0.717) is 23.6 Å². The summed E-state index contributed by atoms with van der Waals surface area (Å²) in [5.74, 6) is -0.520. The fraction of sp³-hybridized carbons (Fsp3) is 0.273. The molecule has 0 spiro atoms. The number of esters is 1. The van der Waals surface area contributed by atoms with Crippen LogP contribution in [0.15, 0.2) is 53.1 Å². The first-order valence-corrected chi connectivity index (χ1v) is 9.82. The molecule has 1 unspecified atom stereocenters. The van der Waals surface area contributed by atoms with Crippen LogP contribution in [0.5, 0.6) is 5.75 Å². The van der Waals surface area contributed by atoms with Gasteiger partial charge in [0.15, 0.2) is 6.61 Å². The Balaban J connectivity index is 1.33. The van der Waals surface area contributed by atoms with Crippen LogP contribution >= 0.6 is 0 Å². The summed E-state index contributed by atoms with van der Waals surface area (Å²) in [6, 6.07) is 12.8. The number of aromatic nitrogens is 2. The normalized spacial score (nSPS) is 15.9.